The molecule has 0 aliphatic heterocycles. The summed E-state index contributed by atoms with van der Waals surface area (Å²) in [7, 11) is 0. The highest BCUT2D eigenvalue weighted by atomic mass is 19.1. The summed E-state index contributed by atoms with van der Waals surface area (Å²) in [6, 6.07) is 17.9. The lowest BCUT2D eigenvalue weighted by atomic mass is 9.87. The number of furan rings is 1. The zero-order valence-corrected chi connectivity index (χ0v) is 22.1. The van der Waals surface area contributed by atoms with E-state index in [0.717, 1.165) is 16.7 Å². The van der Waals surface area contributed by atoms with Crippen LogP contribution in [0.4, 0.5) is 10.1 Å². The Bertz CT molecular complexity index is 1390. The van der Waals surface area contributed by atoms with Gasteiger partial charge in [0, 0.05) is 30.2 Å². The Kier molecular flexibility index (Phi) is 8.05. The van der Waals surface area contributed by atoms with Gasteiger partial charge in [-0.2, -0.15) is 0 Å². The largest absolute Gasteiger partial charge is 0.459 e. The molecule has 1 unspecified atom stereocenters. The fraction of sp³-hybridized carbons (Fsp3) is 0.258. The number of hydrogen-bond acceptors (Lipinski definition) is 4. The SMILES string of the molecule is Cc1ccncc1C(C(=O)NCCc1cccc(F)c1)N(C(=O)c1ccco1)c1ccc(C(C)(C)C)cc1. The molecule has 1 N–H and O–H groups in total. The molecule has 4 aromatic rings. The predicted octanol–water partition coefficient (Wildman–Crippen LogP) is 6.17. The summed E-state index contributed by atoms with van der Waals surface area (Å²) >= 11 is 0. The van der Waals surface area contributed by atoms with Gasteiger partial charge in [-0.3, -0.25) is 19.5 Å². The van der Waals surface area contributed by atoms with Crippen molar-refractivity contribution in [3.8, 4) is 0 Å². The van der Waals surface area contributed by atoms with Gasteiger partial charge in [0.2, 0.25) is 5.91 Å². The number of hydrogen-bond donors (Lipinski definition) is 1. The van der Waals surface area contributed by atoms with Crippen LogP contribution in [0.2, 0.25) is 0 Å². The summed E-state index contributed by atoms with van der Waals surface area (Å²) < 4.78 is 19.1. The van der Waals surface area contributed by atoms with Crippen LogP contribution in [0.15, 0.2) is 89.8 Å². The van der Waals surface area contributed by atoms with Gasteiger partial charge in [-0.1, -0.05) is 45.0 Å². The van der Waals surface area contributed by atoms with E-state index >= 15 is 0 Å². The molecule has 1 atom stereocenters. The zero-order valence-electron chi connectivity index (χ0n) is 22.1. The van der Waals surface area contributed by atoms with Crippen LogP contribution in [-0.2, 0) is 16.6 Å². The van der Waals surface area contributed by atoms with Gasteiger partial charge in [-0.25, -0.2) is 4.39 Å². The highest BCUT2D eigenvalue weighted by Gasteiger charge is 2.35. The maximum absolute atomic E-state index is 13.8. The van der Waals surface area contributed by atoms with Crippen LogP contribution in [0.3, 0.4) is 0 Å². The second kappa shape index (κ2) is 11.4. The van der Waals surface area contributed by atoms with E-state index < -0.39 is 11.9 Å². The van der Waals surface area contributed by atoms with Crippen LogP contribution in [0.5, 0.6) is 0 Å². The number of carbonyl (C=O) groups is 2. The Labute approximate surface area is 222 Å². The molecular formula is C31H32FN3O3. The van der Waals surface area contributed by atoms with Gasteiger partial charge in [0.25, 0.3) is 5.91 Å². The highest BCUT2D eigenvalue weighted by Crippen LogP contribution is 2.33. The lowest BCUT2D eigenvalue weighted by molar-refractivity contribution is -0.122. The van der Waals surface area contributed by atoms with Gasteiger partial charge in [-0.05, 0) is 77.9 Å². The lowest BCUT2D eigenvalue weighted by Gasteiger charge is -2.32. The lowest BCUT2D eigenvalue weighted by Crippen LogP contribution is -2.44. The molecule has 196 valence electrons. The Morgan fingerprint density at radius 3 is 2.45 bits per heavy atom. The maximum atomic E-state index is 13.8. The van der Waals surface area contributed by atoms with Crippen molar-refractivity contribution in [3.05, 3.63) is 119 Å². The number of amides is 2. The van der Waals surface area contributed by atoms with Gasteiger partial charge >= 0.3 is 0 Å². The monoisotopic (exact) mass is 513 g/mol. The van der Waals surface area contributed by atoms with Crippen molar-refractivity contribution >= 4 is 17.5 Å². The normalized spacial score (nSPS) is 12.1. The number of nitrogens with one attached hydrogen (secondary N) is 1. The van der Waals surface area contributed by atoms with Gasteiger partial charge in [0.05, 0.1) is 6.26 Å². The molecule has 0 radical (unpaired) electrons. The van der Waals surface area contributed by atoms with Gasteiger partial charge < -0.3 is 9.73 Å². The first kappa shape index (κ1) is 26.8. The summed E-state index contributed by atoms with van der Waals surface area (Å²) in [5.74, 6) is -1.04. The Morgan fingerprint density at radius 2 is 1.82 bits per heavy atom. The molecule has 0 saturated carbocycles. The molecule has 2 aromatic carbocycles. The molecule has 4 rings (SSSR count). The molecule has 0 bridgehead atoms. The molecule has 0 saturated heterocycles. The van der Waals surface area contributed by atoms with Gasteiger partial charge in [0.1, 0.15) is 11.9 Å². The first-order valence-corrected chi connectivity index (χ1v) is 12.6. The van der Waals surface area contributed by atoms with E-state index in [4.69, 9.17) is 4.42 Å². The third-order valence-corrected chi connectivity index (χ3v) is 6.44. The van der Waals surface area contributed by atoms with Gasteiger partial charge in [0.15, 0.2) is 5.76 Å². The van der Waals surface area contributed by atoms with E-state index in [-0.39, 0.29) is 29.4 Å². The number of benzene rings is 2. The number of pyridine rings is 1. The van der Waals surface area contributed by atoms with E-state index in [1.165, 1.54) is 23.3 Å². The second-order valence-electron chi connectivity index (χ2n) is 10.3. The smallest absolute Gasteiger partial charge is 0.294 e. The average Bonchev–Trinajstić information content (AvgIpc) is 3.42. The molecule has 0 spiro atoms. The van der Waals surface area contributed by atoms with Crippen molar-refractivity contribution in [2.24, 2.45) is 0 Å². The standard InChI is InChI=1S/C31H32FN3O3/c1-21-14-16-33-20-26(21)28(29(36)34-17-15-22-7-5-8-24(32)19-22)35(30(37)27-9-6-18-38-27)25-12-10-23(11-13-25)31(2,3)4/h5-14,16,18-20,28H,15,17H2,1-4H3,(H,34,36). The van der Waals surface area contributed by atoms with Crippen molar-refractivity contribution in [2.45, 2.75) is 45.6 Å². The number of aryl methyl sites for hydroxylation is 1. The number of rotatable bonds is 8. The van der Waals surface area contributed by atoms with Crippen LogP contribution >= 0.6 is 0 Å². The Morgan fingerprint density at radius 1 is 1.05 bits per heavy atom. The van der Waals surface area contributed by atoms with Crippen molar-refractivity contribution in [2.75, 3.05) is 11.4 Å². The van der Waals surface area contributed by atoms with E-state index in [2.05, 4.69) is 31.1 Å². The van der Waals surface area contributed by atoms with Crippen molar-refractivity contribution in [1.82, 2.24) is 10.3 Å². The number of anilines is 1. The highest BCUT2D eigenvalue weighted by molar-refractivity contribution is 6.08. The number of nitrogens with zero attached hydrogens (tertiary/aromatic N) is 2. The molecule has 2 heterocycles. The first-order chi connectivity index (χ1) is 18.1. The van der Waals surface area contributed by atoms with Crippen LogP contribution in [0.25, 0.3) is 0 Å². The summed E-state index contributed by atoms with van der Waals surface area (Å²) in [4.78, 5) is 33.4. The topological polar surface area (TPSA) is 75.4 Å². The third kappa shape index (κ3) is 6.17. The Hall–Kier alpha value is -4.26. The second-order valence-corrected chi connectivity index (χ2v) is 10.3. The summed E-state index contributed by atoms with van der Waals surface area (Å²) in [6.07, 6.45) is 5.12. The van der Waals surface area contributed by atoms with E-state index in [1.54, 1.807) is 36.7 Å². The molecule has 6 nitrogen and oxygen atoms in total. The zero-order chi connectivity index (χ0) is 27.3. The van der Waals surface area contributed by atoms with Gasteiger partial charge in [-0.15, -0.1) is 0 Å². The number of halogens is 1. The first-order valence-electron chi connectivity index (χ1n) is 12.6. The van der Waals surface area contributed by atoms with E-state index in [0.29, 0.717) is 17.7 Å². The number of carbonyl (C=O) groups excluding carboxylic acids is 2. The van der Waals surface area contributed by atoms with Crippen molar-refractivity contribution in [1.29, 1.82) is 0 Å². The fourth-order valence-corrected chi connectivity index (χ4v) is 4.30. The molecule has 0 aliphatic carbocycles. The molecule has 2 aromatic heterocycles. The summed E-state index contributed by atoms with van der Waals surface area (Å²) in [5.41, 5.74) is 3.74. The summed E-state index contributed by atoms with van der Waals surface area (Å²) in [5, 5.41) is 2.95. The molecule has 38 heavy (non-hydrogen) atoms. The van der Waals surface area contributed by atoms with E-state index in [1.807, 2.05) is 37.3 Å². The van der Waals surface area contributed by atoms with Crippen LogP contribution in [0.1, 0.15) is 59.6 Å². The number of aromatic nitrogens is 1. The quantitative estimate of drug-likeness (QED) is 0.306. The molecule has 7 heteroatoms. The van der Waals surface area contributed by atoms with Crippen LogP contribution < -0.4 is 10.2 Å². The van der Waals surface area contributed by atoms with Crippen LogP contribution in [-0.4, -0.2) is 23.3 Å². The fourth-order valence-electron chi connectivity index (χ4n) is 4.30. The molecule has 0 fully saturated rings. The minimum atomic E-state index is -1.02. The Balaban J connectivity index is 1.73. The minimum absolute atomic E-state index is 0.0813. The maximum Gasteiger partial charge on any atom is 0.294 e. The van der Waals surface area contributed by atoms with Crippen molar-refractivity contribution < 1.29 is 18.4 Å². The molecule has 0 aliphatic rings. The van der Waals surface area contributed by atoms with E-state index in [9.17, 15) is 14.0 Å². The minimum Gasteiger partial charge on any atom is -0.459 e. The van der Waals surface area contributed by atoms with Crippen LogP contribution in [0, 0.1) is 12.7 Å². The molecule has 2 amide bonds. The third-order valence-electron chi connectivity index (χ3n) is 6.44. The average molecular weight is 514 g/mol. The predicted molar refractivity (Wildman–Crippen MR) is 145 cm³/mol. The summed E-state index contributed by atoms with van der Waals surface area (Å²) in [6.45, 7) is 8.48. The molecular weight excluding hydrogens is 481 g/mol. The van der Waals surface area contributed by atoms with Crippen molar-refractivity contribution in [3.63, 3.8) is 0 Å².